The molecule has 0 spiro atoms. The third-order valence-corrected chi connectivity index (χ3v) is 6.62. The van der Waals surface area contributed by atoms with Crippen LogP contribution in [0.25, 0.3) is 10.8 Å². The van der Waals surface area contributed by atoms with E-state index in [1.807, 2.05) is 79.3 Å². The first-order chi connectivity index (χ1) is 15.7. The van der Waals surface area contributed by atoms with Crippen LogP contribution in [0.15, 0.2) is 89.4 Å². The highest BCUT2D eigenvalue weighted by Crippen LogP contribution is 2.35. The summed E-state index contributed by atoms with van der Waals surface area (Å²) in [7, 11) is 0. The SMILES string of the molecule is Cc1csc(Nc2ncc(SCc3nccc4ccccc34)cc2Oc2ccccc2)n1.Cl.Cl. The highest BCUT2D eigenvalue weighted by Gasteiger charge is 2.12. The van der Waals surface area contributed by atoms with Gasteiger partial charge in [-0.2, -0.15) is 0 Å². The number of thiazole rings is 1. The minimum Gasteiger partial charge on any atom is -0.453 e. The Labute approximate surface area is 218 Å². The van der Waals surface area contributed by atoms with E-state index in [9.17, 15) is 0 Å². The average molecular weight is 530 g/mol. The first-order valence-electron chi connectivity index (χ1n) is 10.1. The maximum absolute atomic E-state index is 6.17. The number of thioether (sulfide) groups is 1. The molecule has 5 rings (SSSR count). The standard InChI is InChI=1S/C25H20N4OS2.2ClH/c1-17-15-32-25(28-17)29-24-23(30-19-8-3-2-4-9-19)13-20(14-27-24)31-16-22-21-10-6-5-7-18(21)11-12-26-22;;/h2-15H,16H2,1H3,(H,27,28,29);2*1H. The molecule has 9 heteroatoms. The zero-order valence-electron chi connectivity index (χ0n) is 18.2. The van der Waals surface area contributed by atoms with Crippen molar-refractivity contribution in [1.29, 1.82) is 0 Å². The monoisotopic (exact) mass is 528 g/mol. The van der Waals surface area contributed by atoms with Crippen LogP contribution in [0.3, 0.4) is 0 Å². The van der Waals surface area contributed by atoms with E-state index >= 15 is 0 Å². The molecule has 0 unspecified atom stereocenters. The maximum Gasteiger partial charge on any atom is 0.188 e. The number of nitrogens with one attached hydrogen (secondary N) is 1. The van der Waals surface area contributed by atoms with Crippen molar-refractivity contribution in [3.05, 3.63) is 95.9 Å². The second kappa shape index (κ2) is 12.0. The van der Waals surface area contributed by atoms with Crippen LogP contribution >= 0.6 is 47.9 Å². The van der Waals surface area contributed by atoms with Crippen LogP contribution in [0, 0.1) is 6.92 Å². The van der Waals surface area contributed by atoms with E-state index < -0.39 is 0 Å². The number of aromatic nitrogens is 3. The van der Waals surface area contributed by atoms with Crippen LogP contribution in [0.4, 0.5) is 10.9 Å². The van der Waals surface area contributed by atoms with E-state index in [2.05, 4.69) is 32.4 Å². The number of para-hydroxylation sites is 1. The molecule has 3 aromatic heterocycles. The molecule has 2 aromatic carbocycles. The van der Waals surface area contributed by atoms with Gasteiger partial charge in [0.2, 0.25) is 0 Å². The molecule has 1 N–H and O–H groups in total. The zero-order chi connectivity index (χ0) is 21.8. The van der Waals surface area contributed by atoms with Gasteiger partial charge in [0.05, 0.1) is 11.4 Å². The molecule has 0 saturated heterocycles. The van der Waals surface area contributed by atoms with E-state index in [-0.39, 0.29) is 24.8 Å². The number of pyridine rings is 2. The number of ether oxygens (including phenoxy) is 1. The van der Waals surface area contributed by atoms with Crippen molar-refractivity contribution in [2.24, 2.45) is 0 Å². The zero-order valence-corrected chi connectivity index (χ0v) is 21.4. The second-order valence-electron chi connectivity index (χ2n) is 7.12. The second-order valence-corrected chi connectivity index (χ2v) is 9.03. The fraction of sp³-hybridized carbons (Fsp3) is 0.0800. The molecule has 174 valence electrons. The highest BCUT2D eigenvalue weighted by atomic mass is 35.5. The van der Waals surface area contributed by atoms with Crippen LogP contribution in [-0.4, -0.2) is 15.0 Å². The third-order valence-electron chi connectivity index (χ3n) is 4.77. The molecule has 5 nitrogen and oxygen atoms in total. The summed E-state index contributed by atoms with van der Waals surface area (Å²) in [6.45, 7) is 1.97. The Bertz CT molecular complexity index is 1360. The topological polar surface area (TPSA) is 59.9 Å². The summed E-state index contributed by atoms with van der Waals surface area (Å²) in [6, 6.07) is 22.1. The fourth-order valence-corrected chi connectivity index (χ4v) is 4.79. The average Bonchev–Trinajstić information content (AvgIpc) is 3.24. The molecule has 0 radical (unpaired) electrons. The number of fused-ring (bicyclic) bond motifs is 1. The molecule has 0 bridgehead atoms. The van der Waals surface area contributed by atoms with Gasteiger partial charge in [-0.1, -0.05) is 42.5 Å². The smallest absolute Gasteiger partial charge is 0.188 e. The molecule has 0 aliphatic carbocycles. The Morgan fingerprint density at radius 2 is 1.76 bits per heavy atom. The minimum absolute atomic E-state index is 0. The largest absolute Gasteiger partial charge is 0.453 e. The van der Waals surface area contributed by atoms with Gasteiger partial charge in [0.25, 0.3) is 0 Å². The normalized spacial score (nSPS) is 10.3. The molecular weight excluding hydrogens is 507 g/mol. The first-order valence-corrected chi connectivity index (χ1v) is 12.0. The van der Waals surface area contributed by atoms with E-state index in [1.165, 1.54) is 10.8 Å². The third kappa shape index (κ3) is 6.18. The molecule has 0 aliphatic rings. The molecular formula is C25H22Cl2N4OS2. The number of hydrogen-bond donors (Lipinski definition) is 1. The predicted molar refractivity (Wildman–Crippen MR) is 147 cm³/mol. The highest BCUT2D eigenvalue weighted by molar-refractivity contribution is 7.98. The molecule has 3 heterocycles. The van der Waals surface area contributed by atoms with Crippen LogP contribution in [-0.2, 0) is 5.75 Å². The summed E-state index contributed by atoms with van der Waals surface area (Å²) >= 11 is 3.23. The summed E-state index contributed by atoms with van der Waals surface area (Å²) in [4.78, 5) is 14.7. The fourth-order valence-electron chi connectivity index (χ4n) is 3.25. The summed E-state index contributed by atoms with van der Waals surface area (Å²) < 4.78 is 6.17. The molecule has 0 aliphatic heterocycles. The number of benzene rings is 2. The molecule has 5 aromatic rings. The quantitative estimate of drug-likeness (QED) is 0.215. The summed E-state index contributed by atoms with van der Waals surface area (Å²) in [5.41, 5.74) is 2.02. The van der Waals surface area contributed by atoms with Crippen molar-refractivity contribution in [2.75, 3.05) is 5.32 Å². The number of nitrogens with zero attached hydrogens (tertiary/aromatic N) is 3. The Morgan fingerprint density at radius 3 is 2.56 bits per heavy atom. The van der Waals surface area contributed by atoms with Gasteiger partial charge in [-0.15, -0.1) is 47.9 Å². The van der Waals surface area contributed by atoms with Gasteiger partial charge >= 0.3 is 0 Å². The van der Waals surface area contributed by atoms with Crippen molar-refractivity contribution < 1.29 is 4.74 Å². The van der Waals surface area contributed by atoms with Gasteiger partial charge < -0.3 is 10.1 Å². The Kier molecular flexibility index (Phi) is 9.12. The van der Waals surface area contributed by atoms with Gasteiger partial charge in [0, 0.05) is 33.8 Å². The Balaban J connectivity index is 0.00000162. The van der Waals surface area contributed by atoms with Crippen molar-refractivity contribution in [2.45, 2.75) is 17.6 Å². The first kappa shape index (κ1) is 25.8. The summed E-state index contributed by atoms with van der Waals surface area (Å²) in [5, 5.41) is 8.45. The van der Waals surface area contributed by atoms with E-state index in [1.54, 1.807) is 23.1 Å². The lowest BCUT2D eigenvalue weighted by atomic mass is 10.1. The van der Waals surface area contributed by atoms with Gasteiger partial charge in [-0.3, -0.25) is 4.98 Å². The number of anilines is 2. The molecule has 34 heavy (non-hydrogen) atoms. The maximum atomic E-state index is 6.17. The lowest BCUT2D eigenvalue weighted by molar-refractivity contribution is 0.481. The van der Waals surface area contributed by atoms with Crippen LogP contribution in [0.2, 0.25) is 0 Å². The predicted octanol–water partition coefficient (Wildman–Crippen LogP) is 8.07. The van der Waals surface area contributed by atoms with Crippen LogP contribution in [0.1, 0.15) is 11.4 Å². The molecule has 0 saturated carbocycles. The van der Waals surface area contributed by atoms with Crippen molar-refractivity contribution in [3.63, 3.8) is 0 Å². The van der Waals surface area contributed by atoms with Gasteiger partial charge in [0.1, 0.15) is 5.75 Å². The molecule has 0 atom stereocenters. The van der Waals surface area contributed by atoms with Gasteiger partial charge in [-0.05, 0) is 36.6 Å². The number of aryl methyl sites for hydroxylation is 1. The van der Waals surface area contributed by atoms with Gasteiger partial charge in [-0.25, -0.2) is 9.97 Å². The van der Waals surface area contributed by atoms with Gasteiger partial charge in [0.15, 0.2) is 16.7 Å². The van der Waals surface area contributed by atoms with E-state index in [0.717, 1.165) is 32.9 Å². The van der Waals surface area contributed by atoms with Crippen molar-refractivity contribution in [3.8, 4) is 11.5 Å². The number of hydrogen-bond acceptors (Lipinski definition) is 7. The number of rotatable bonds is 7. The number of halogens is 2. The summed E-state index contributed by atoms with van der Waals surface area (Å²) in [5.74, 6) is 2.79. The van der Waals surface area contributed by atoms with E-state index in [0.29, 0.717) is 11.6 Å². The lowest BCUT2D eigenvalue weighted by Gasteiger charge is -2.13. The minimum atomic E-state index is 0. The van der Waals surface area contributed by atoms with Crippen molar-refractivity contribution >= 4 is 69.6 Å². The van der Waals surface area contributed by atoms with Crippen LogP contribution < -0.4 is 10.1 Å². The summed E-state index contributed by atoms with van der Waals surface area (Å²) in [6.07, 6.45) is 3.72. The Hall–Kier alpha value is -2.84. The van der Waals surface area contributed by atoms with Crippen LogP contribution in [0.5, 0.6) is 11.5 Å². The lowest BCUT2D eigenvalue weighted by Crippen LogP contribution is -1.98. The van der Waals surface area contributed by atoms with Crippen molar-refractivity contribution in [1.82, 2.24) is 15.0 Å². The Morgan fingerprint density at radius 1 is 0.971 bits per heavy atom. The van der Waals surface area contributed by atoms with E-state index in [4.69, 9.17) is 4.74 Å². The molecule has 0 amide bonds. The molecule has 0 fully saturated rings.